The zero-order chi connectivity index (χ0) is 17.1. The van der Waals surface area contributed by atoms with Crippen LogP contribution in [0.15, 0.2) is 59.1 Å². The summed E-state index contributed by atoms with van der Waals surface area (Å²) in [6.45, 7) is 4.26. The Hall–Kier alpha value is -2.46. The molecular formula is C21H23N3O. The van der Waals surface area contributed by atoms with Crippen LogP contribution >= 0.6 is 0 Å². The zero-order valence-corrected chi connectivity index (χ0v) is 14.5. The van der Waals surface area contributed by atoms with E-state index >= 15 is 0 Å². The molecule has 1 aromatic heterocycles. The minimum Gasteiger partial charge on any atom is -0.339 e. The van der Waals surface area contributed by atoms with Crippen molar-refractivity contribution in [1.82, 2.24) is 15.5 Å². The SMILES string of the molecule is CC1(c2noc(Cc3ccc(-c4ccccc4)cc3)n2)CCNCC1. The standard InChI is InChI=1S/C21H23N3O/c1-21(11-13-22-14-12-21)20-23-19(25-24-20)15-16-7-9-18(10-8-16)17-5-3-2-4-6-17/h2-10,22H,11-15H2,1H3. The van der Waals surface area contributed by atoms with Crippen LogP contribution in [-0.4, -0.2) is 23.2 Å². The van der Waals surface area contributed by atoms with Crippen molar-refractivity contribution in [2.75, 3.05) is 13.1 Å². The van der Waals surface area contributed by atoms with Gasteiger partial charge in [-0.25, -0.2) is 0 Å². The first-order chi connectivity index (χ1) is 12.2. The van der Waals surface area contributed by atoms with Crippen molar-refractivity contribution >= 4 is 0 Å². The smallest absolute Gasteiger partial charge is 0.231 e. The number of aromatic nitrogens is 2. The van der Waals surface area contributed by atoms with Gasteiger partial charge in [-0.15, -0.1) is 0 Å². The molecule has 0 spiro atoms. The van der Waals surface area contributed by atoms with Crippen molar-refractivity contribution in [2.24, 2.45) is 0 Å². The van der Waals surface area contributed by atoms with Gasteiger partial charge in [-0.1, -0.05) is 66.7 Å². The van der Waals surface area contributed by atoms with Crippen LogP contribution in [0, 0.1) is 0 Å². The molecule has 0 radical (unpaired) electrons. The van der Waals surface area contributed by atoms with E-state index in [1.54, 1.807) is 0 Å². The first kappa shape index (κ1) is 16.0. The predicted octanol–water partition coefficient (Wildman–Crippen LogP) is 3.97. The summed E-state index contributed by atoms with van der Waals surface area (Å²) in [5, 5.41) is 7.65. The lowest BCUT2D eigenvalue weighted by molar-refractivity contribution is 0.300. The fraction of sp³-hybridized carbons (Fsp3) is 0.333. The van der Waals surface area contributed by atoms with Gasteiger partial charge in [-0.2, -0.15) is 4.98 Å². The van der Waals surface area contributed by atoms with Crippen LogP contribution in [0.25, 0.3) is 11.1 Å². The summed E-state index contributed by atoms with van der Waals surface area (Å²) in [5.74, 6) is 1.55. The molecule has 0 unspecified atom stereocenters. The summed E-state index contributed by atoms with van der Waals surface area (Å²) in [6.07, 6.45) is 2.78. The van der Waals surface area contributed by atoms with Crippen LogP contribution in [0.2, 0.25) is 0 Å². The Kier molecular flexibility index (Phi) is 4.36. The summed E-state index contributed by atoms with van der Waals surface area (Å²) in [4.78, 5) is 4.68. The monoisotopic (exact) mass is 333 g/mol. The molecule has 0 amide bonds. The van der Waals surface area contributed by atoms with Crippen LogP contribution in [-0.2, 0) is 11.8 Å². The Morgan fingerprint density at radius 2 is 1.64 bits per heavy atom. The minimum absolute atomic E-state index is 0.0319. The van der Waals surface area contributed by atoms with Crippen molar-refractivity contribution in [3.63, 3.8) is 0 Å². The molecule has 1 N–H and O–H groups in total. The normalized spacial score (nSPS) is 16.7. The van der Waals surface area contributed by atoms with Gasteiger partial charge in [0.05, 0.1) is 6.42 Å². The highest BCUT2D eigenvalue weighted by Crippen LogP contribution is 2.30. The molecule has 128 valence electrons. The maximum absolute atomic E-state index is 5.52. The number of nitrogens with zero attached hydrogens (tertiary/aromatic N) is 2. The molecule has 0 bridgehead atoms. The first-order valence-corrected chi connectivity index (χ1v) is 8.91. The second kappa shape index (κ2) is 6.81. The Morgan fingerprint density at radius 1 is 0.960 bits per heavy atom. The van der Waals surface area contributed by atoms with E-state index in [1.807, 2.05) is 6.07 Å². The number of rotatable bonds is 4. The average molecular weight is 333 g/mol. The first-order valence-electron chi connectivity index (χ1n) is 8.91. The molecule has 0 aliphatic carbocycles. The average Bonchev–Trinajstić information content (AvgIpc) is 3.13. The van der Waals surface area contributed by atoms with E-state index in [9.17, 15) is 0 Å². The van der Waals surface area contributed by atoms with Gasteiger partial charge in [0.25, 0.3) is 0 Å². The molecule has 4 nitrogen and oxygen atoms in total. The van der Waals surface area contributed by atoms with Gasteiger partial charge in [0, 0.05) is 5.41 Å². The Bertz CT molecular complexity index is 818. The fourth-order valence-corrected chi connectivity index (χ4v) is 3.39. The van der Waals surface area contributed by atoms with E-state index in [0.29, 0.717) is 12.3 Å². The van der Waals surface area contributed by atoms with Crippen LogP contribution in [0.1, 0.15) is 37.0 Å². The summed E-state index contributed by atoms with van der Waals surface area (Å²) in [5.41, 5.74) is 3.67. The maximum atomic E-state index is 5.52. The molecule has 1 aliphatic rings. The number of hydrogen-bond donors (Lipinski definition) is 1. The van der Waals surface area contributed by atoms with Crippen molar-refractivity contribution in [2.45, 2.75) is 31.6 Å². The molecule has 0 saturated carbocycles. The molecule has 4 heteroatoms. The van der Waals surface area contributed by atoms with Crippen molar-refractivity contribution < 1.29 is 4.52 Å². The van der Waals surface area contributed by atoms with Gasteiger partial charge in [0.15, 0.2) is 5.82 Å². The second-order valence-electron chi connectivity index (χ2n) is 7.06. The third-order valence-corrected chi connectivity index (χ3v) is 5.13. The van der Waals surface area contributed by atoms with Gasteiger partial charge >= 0.3 is 0 Å². The Balaban J connectivity index is 1.47. The molecule has 25 heavy (non-hydrogen) atoms. The van der Waals surface area contributed by atoms with Crippen LogP contribution in [0.5, 0.6) is 0 Å². The van der Waals surface area contributed by atoms with Gasteiger partial charge in [0.1, 0.15) is 0 Å². The van der Waals surface area contributed by atoms with Crippen molar-refractivity contribution in [3.05, 3.63) is 71.9 Å². The van der Waals surface area contributed by atoms with Crippen LogP contribution < -0.4 is 5.32 Å². The highest BCUT2D eigenvalue weighted by molar-refractivity contribution is 5.63. The van der Waals surface area contributed by atoms with Crippen LogP contribution in [0.3, 0.4) is 0 Å². The van der Waals surface area contributed by atoms with E-state index in [1.165, 1.54) is 16.7 Å². The lowest BCUT2D eigenvalue weighted by atomic mass is 9.80. The molecule has 2 aromatic carbocycles. The predicted molar refractivity (Wildman–Crippen MR) is 98.4 cm³/mol. The Morgan fingerprint density at radius 3 is 2.36 bits per heavy atom. The summed E-state index contributed by atoms with van der Waals surface area (Å²) in [6, 6.07) is 19.0. The quantitative estimate of drug-likeness (QED) is 0.785. The van der Waals surface area contributed by atoms with Gasteiger partial charge in [-0.05, 0) is 42.6 Å². The molecule has 1 fully saturated rings. The molecule has 1 saturated heterocycles. The van der Waals surface area contributed by atoms with Gasteiger partial charge < -0.3 is 9.84 Å². The largest absolute Gasteiger partial charge is 0.339 e. The lowest BCUT2D eigenvalue weighted by Crippen LogP contribution is -2.38. The third-order valence-electron chi connectivity index (χ3n) is 5.13. The van der Waals surface area contributed by atoms with E-state index in [-0.39, 0.29) is 5.41 Å². The van der Waals surface area contributed by atoms with Crippen LogP contribution in [0.4, 0.5) is 0 Å². The third kappa shape index (κ3) is 3.49. The lowest BCUT2D eigenvalue weighted by Gasteiger charge is -2.30. The summed E-state index contributed by atoms with van der Waals surface area (Å²) in [7, 11) is 0. The van der Waals surface area contributed by atoms with E-state index < -0.39 is 0 Å². The van der Waals surface area contributed by atoms with E-state index in [0.717, 1.165) is 31.8 Å². The van der Waals surface area contributed by atoms with E-state index in [4.69, 9.17) is 4.52 Å². The Labute approximate surface area is 148 Å². The molecule has 4 rings (SSSR count). The fourth-order valence-electron chi connectivity index (χ4n) is 3.39. The second-order valence-corrected chi connectivity index (χ2v) is 7.06. The minimum atomic E-state index is 0.0319. The number of hydrogen-bond acceptors (Lipinski definition) is 4. The van der Waals surface area contributed by atoms with Gasteiger partial charge in [-0.3, -0.25) is 0 Å². The number of piperidine rings is 1. The molecule has 0 atom stereocenters. The number of nitrogens with one attached hydrogen (secondary N) is 1. The maximum Gasteiger partial charge on any atom is 0.231 e. The van der Waals surface area contributed by atoms with Crippen molar-refractivity contribution in [3.8, 4) is 11.1 Å². The summed E-state index contributed by atoms with van der Waals surface area (Å²) >= 11 is 0. The molecule has 3 aromatic rings. The van der Waals surface area contributed by atoms with Gasteiger partial charge in [0.2, 0.25) is 5.89 Å². The molecule has 1 aliphatic heterocycles. The van der Waals surface area contributed by atoms with Crippen molar-refractivity contribution in [1.29, 1.82) is 0 Å². The topological polar surface area (TPSA) is 51.0 Å². The number of benzene rings is 2. The molecular weight excluding hydrogens is 310 g/mol. The highest BCUT2D eigenvalue weighted by Gasteiger charge is 2.33. The zero-order valence-electron chi connectivity index (χ0n) is 14.5. The van der Waals surface area contributed by atoms with E-state index in [2.05, 4.69) is 70.9 Å². The molecule has 2 heterocycles. The highest BCUT2D eigenvalue weighted by atomic mass is 16.5. The summed E-state index contributed by atoms with van der Waals surface area (Å²) < 4.78 is 5.52.